The van der Waals surface area contributed by atoms with Crippen molar-refractivity contribution in [3.63, 3.8) is 0 Å². The van der Waals surface area contributed by atoms with E-state index in [2.05, 4.69) is 27.0 Å². The first-order chi connectivity index (χ1) is 9.30. The fourth-order valence-corrected chi connectivity index (χ4v) is 3.37. The van der Waals surface area contributed by atoms with E-state index in [-0.39, 0.29) is 0 Å². The molecule has 1 aliphatic carbocycles. The number of nitrogens with one attached hydrogen (secondary N) is 2. The van der Waals surface area contributed by atoms with Crippen molar-refractivity contribution in [1.82, 2.24) is 14.4 Å². The summed E-state index contributed by atoms with van der Waals surface area (Å²) >= 11 is 1.95. The zero-order valence-corrected chi connectivity index (χ0v) is 11.7. The summed E-state index contributed by atoms with van der Waals surface area (Å²) in [6, 6.07) is 0.471. The van der Waals surface area contributed by atoms with Crippen molar-refractivity contribution < 1.29 is 0 Å². The Hall–Kier alpha value is -1.47. The SMILES string of the molecule is CSC1CCC(Nc2nc(NN)cn3ccnc23)C1. The number of aromatic nitrogens is 3. The number of hydrogen-bond acceptors (Lipinski definition) is 6. The van der Waals surface area contributed by atoms with Gasteiger partial charge in [-0.2, -0.15) is 11.8 Å². The molecule has 102 valence electrons. The van der Waals surface area contributed by atoms with Gasteiger partial charge in [0, 0.05) is 23.7 Å². The van der Waals surface area contributed by atoms with Crippen molar-refractivity contribution in [3.8, 4) is 0 Å². The number of hydrazine groups is 1. The smallest absolute Gasteiger partial charge is 0.180 e. The molecule has 4 N–H and O–H groups in total. The first-order valence-corrected chi connectivity index (χ1v) is 7.68. The lowest BCUT2D eigenvalue weighted by molar-refractivity contribution is 0.752. The molecule has 2 aromatic heterocycles. The molecular formula is C12H18N6S. The van der Waals surface area contributed by atoms with Gasteiger partial charge in [0.15, 0.2) is 17.3 Å². The molecule has 2 unspecified atom stereocenters. The van der Waals surface area contributed by atoms with E-state index in [1.165, 1.54) is 19.3 Å². The van der Waals surface area contributed by atoms with Gasteiger partial charge in [-0.3, -0.25) is 0 Å². The van der Waals surface area contributed by atoms with E-state index < -0.39 is 0 Å². The van der Waals surface area contributed by atoms with Crippen molar-refractivity contribution in [3.05, 3.63) is 18.6 Å². The van der Waals surface area contributed by atoms with Gasteiger partial charge in [0.25, 0.3) is 0 Å². The van der Waals surface area contributed by atoms with Crippen LogP contribution in [0, 0.1) is 0 Å². The van der Waals surface area contributed by atoms with Gasteiger partial charge in [-0.05, 0) is 25.5 Å². The Labute approximate surface area is 116 Å². The van der Waals surface area contributed by atoms with Gasteiger partial charge in [0.1, 0.15) is 0 Å². The topological polar surface area (TPSA) is 80.3 Å². The molecule has 1 saturated carbocycles. The van der Waals surface area contributed by atoms with Crippen LogP contribution in [0.4, 0.5) is 11.6 Å². The molecule has 0 amide bonds. The predicted molar refractivity (Wildman–Crippen MR) is 79.4 cm³/mol. The minimum absolute atomic E-state index is 0.471. The lowest BCUT2D eigenvalue weighted by Crippen LogP contribution is -2.19. The Kier molecular flexibility index (Phi) is 3.48. The number of hydrogen-bond donors (Lipinski definition) is 3. The maximum atomic E-state index is 5.45. The summed E-state index contributed by atoms with van der Waals surface area (Å²) in [4.78, 5) is 8.81. The van der Waals surface area contributed by atoms with Crippen LogP contribution in [0.15, 0.2) is 18.6 Å². The minimum atomic E-state index is 0.471. The molecule has 2 heterocycles. The summed E-state index contributed by atoms with van der Waals surface area (Å²) in [5, 5.41) is 4.26. The molecule has 7 heteroatoms. The third-order valence-electron chi connectivity index (χ3n) is 3.58. The van der Waals surface area contributed by atoms with Crippen LogP contribution in [0.3, 0.4) is 0 Å². The van der Waals surface area contributed by atoms with Crippen molar-refractivity contribution >= 4 is 29.0 Å². The highest BCUT2D eigenvalue weighted by atomic mass is 32.2. The Balaban J connectivity index is 1.85. The van der Waals surface area contributed by atoms with Gasteiger partial charge >= 0.3 is 0 Å². The maximum absolute atomic E-state index is 5.45. The van der Waals surface area contributed by atoms with Gasteiger partial charge in [-0.1, -0.05) is 0 Å². The summed E-state index contributed by atoms with van der Waals surface area (Å²) in [6.45, 7) is 0. The van der Waals surface area contributed by atoms with E-state index in [0.717, 1.165) is 16.7 Å². The van der Waals surface area contributed by atoms with E-state index in [0.29, 0.717) is 11.9 Å². The molecule has 1 fully saturated rings. The number of thioether (sulfide) groups is 1. The highest BCUT2D eigenvalue weighted by Gasteiger charge is 2.24. The second-order valence-electron chi connectivity index (χ2n) is 4.79. The second kappa shape index (κ2) is 5.26. The van der Waals surface area contributed by atoms with Crippen LogP contribution in [-0.2, 0) is 0 Å². The predicted octanol–water partition coefficient (Wildman–Crippen LogP) is 1.71. The lowest BCUT2D eigenvalue weighted by Gasteiger charge is -2.15. The normalized spacial score (nSPS) is 22.8. The fraction of sp³-hybridized carbons (Fsp3) is 0.500. The number of anilines is 2. The Morgan fingerprint density at radius 1 is 1.47 bits per heavy atom. The maximum Gasteiger partial charge on any atom is 0.180 e. The number of fused-ring (bicyclic) bond motifs is 1. The molecule has 3 rings (SSSR count). The minimum Gasteiger partial charge on any atom is -0.364 e. The van der Waals surface area contributed by atoms with Crippen LogP contribution in [0.2, 0.25) is 0 Å². The Bertz CT molecular complexity index is 568. The fourth-order valence-electron chi connectivity index (χ4n) is 2.58. The first-order valence-electron chi connectivity index (χ1n) is 6.40. The molecule has 0 aromatic carbocycles. The number of nitrogens with zero attached hydrogens (tertiary/aromatic N) is 3. The lowest BCUT2D eigenvalue weighted by atomic mass is 10.2. The summed E-state index contributed by atoms with van der Waals surface area (Å²) < 4.78 is 1.92. The van der Waals surface area contributed by atoms with Gasteiger partial charge in [-0.15, -0.1) is 0 Å². The van der Waals surface area contributed by atoms with E-state index in [1.807, 2.05) is 28.6 Å². The van der Waals surface area contributed by atoms with Crippen LogP contribution in [0.1, 0.15) is 19.3 Å². The molecule has 0 spiro atoms. The van der Waals surface area contributed by atoms with Crippen LogP contribution in [-0.4, -0.2) is 31.9 Å². The van der Waals surface area contributed by atoms with Crippen molar-refractivity contribution in [2.45, 2.75) is 30.6 Å². The molecule has 0 bridgehead atoms. The number of imidazole rings is 1. The van der Waals surface area contributed by atoms with Crippen LogP contribution in [0.5, 0.6) is 0 Å². The largest absolute Gasteiger partial charge is 0.364 e. The summed E-state index contributed by atoms with van der Waals surface area (Å²) in [6.07, 6.45) is 11.3. The van der Waals surface area contributed by atoms with Crippen molar-refractivity contribution in [2.75, 3.05) is 17.0 Å². The third kappa shape index (κ3) is 2.48. The van der Waals surface area contributed by atoms with E-state index >= 15 is 0 Å². The van der Waals surface area contributed by atoms with Crippen molar-refractivity contribution in [2.24, 2.45) is 5.84 Å². The van der Waals surface area contributed by atoms with Crippen LogP contribution in [0.25, 0.3) is 5.65 Å². The molecule has 0 radical (unpaired) electrons. The average Bonchev–Trinajstić information content (AvgIpc) is 3.06. The first kappa shape index (κ1) is 12.6. The van der Waals surface area contributed by atoms with E-state index in [1.54, 1.807) is 6.20 Å². The number of nitrogen functional groups attached to an aromatic ring is 1. The molecule has 2 aromatic rings. The molecule has 6 nitrogen and oxygen atoms in total. The van der Waals surface area contributed by atoms with Gasteiger partial charge in [0.05, 0.1) is 6.20 Å². The van der Waals surface area contributed by atoms with E-state index in [4.69, 9.17) is 5.84 Å². The highest BCUT2D eigenvalue weighted by molar-refractivity contribution is 7.99. The molecule has 1 aliphatic rings. The molecule has 0 saturated heterocycles. The average molecular weight is 278 g/mol. The monoisotopic (exact) mass is 278 g/mol. The zero-order valence-electron chi connectivity index (χ0n) is 10.8. The van der Waals surface area contributed by atoms with Gasteiger partial charge in [-0.25, -0.2) is 15.8 Å². The Morgan fingerprint density at radius 3 is 3.11 bits per heavy atom. The summed E-state index contributed by atoms with van der Waals surface area (Å²) in [5.41, 5.74) is 3.43. The number of rotatable bonds is 4. The molecular weight excluding hydrogens is 260 g/mol. The quantitative estimate of drug-likeness (QED) is 0.583. The molecule has 19 heavy (non-hydrogen) atoms. The van der Waals surface area contributed by atoms with E-state index in [9.17, 15) is 0 Å². The zero-order chi connectivity index (χ0) is 13.2. The second-order valence-corrected chi connectivity index (χ2v) is 5.93. The van der Waals surface area contributed by atoms with Crippen LogP contribution < -0.4 is 16.6 Å². The number of nitrogens with two attached hydrogens (primary N) is 1. The summed E-state index contributed by atoms with van der Waals surface area (Å²) in [7, 11) is 0. The van der Waals surface area contributed by atoms with Crippen molar-refractivity contribution in [1.29, 1.82) is 0 Å². The molecule has 0 aliphatic heterocycles. The highest BCUT2D eigenvalue weighted by Crippen LogP contribution is 2.30. The third-order valence-corrected chi connectivity index (χ3v) is 4.68. The standard InChI is InChI=1S/C12H18N6S/c1-19-9-3-2-8(6-9)15-11-12-14-4-5-18(12)7-10(16-11)17-13/h4-5,7-9,17H,2-3,6,13H2,1H3,(H,15,16). The van der Waals surface area contributed by atoms with Gasteiger partial charge in [0.2, 0.25) is 0 Å². The molecule has 2 atom stereocenters. The van der Waals surface area contributed by atoms with Crippen LogP contribution >= 0.6 is 11.8 Å². The van der Waals surface area contributed by atoms with Gasteiger partial charge < -0.3 is 15.1 Å². The summed E-state index contributed by atoms with van der Waals surface area (Å²) in [5.74, 6) is 6.88. The Morgan fingerprint density at radius 2 is 2.37 bits per heavy atom.